The fourth-order valence-corrected chi connectivity index (χ4v) is 2.12. The van der Waals surface area contributed by atoms with E-state index in [0.29, 0.717) is 0 Å². The van der Waals surface area contributed by atoms with E-state index in [4.69, 9.17) is 0 Å². The van der Waals surface area contributed by atoms with Gasteiger partial charge in [-0.05, 0) is 0 Å². The Morgan fingerprint density at radius 3 is 1.36 bits per heavy atom. The van der Waals surface area contributed by atoms with Crippen molar-refractivity contribution in [3.05, 3.63) is 0 Å². The Bertz CT molecular complexity index is 76.4. The zero-order valence-electron chi connectivity index (χ0n) is 9.16. The third-order valence-corrected chi connectivity index (χ3v) is 3.25. The van der Waals surface area contributed by atoms with Crippen molar-refractivity contribution >= 4 is 135 Å². The molecule has 0 aliphatic heterocycles. The van der Waals surface area contributed by atoms with Crippen LogP contribution in [0.3, 0.4) is 0 Å². The fraction of sp³-hybridized carbons (Fsp3) is 0. The van der Waals surface area contributed by atoms with Crippen LogP contribution >= 0.6 is 22.4 Å². The van der Waals surface area contributed by atoms with Crippen LogP contribution in [-0.2, 0) is 0 Å². The van der Waals surface area contributed by atoms with E-state index in [0.717, 1.165) is 0 Å². The summed E-state index contributed by atoms with van der Waals surface area (Å²) in [7, 11) is 16.8. The molecule has 0 aromatic carbocycles. The first-order chi connectivity index (χ1) is 6.41. The van der Waals surface area contributed by atoms with Gasteiger partial charge in [0.05, 0.1) is 14.8 Å². The quantitative estimate of drug-likeness (QED) is 0.213. The van der Waals surface area contributed by atoms with Gasteiger partial charge >= 0.3 is 29.6 Å². The average molecular weight is 294 g/mol. The normalized spacial score (nSPS) is 6.64. The SMILES string of the molecule is BBBBBBBBBBBBI.[NaH]. The maximum atomic E-state index is 2.47. The average Bonchev–Trinajstić information content (AvgIpc) is 2.16. The van der Waals surface area contributed by atoms with Gasteiger partial charge < -0.3 is 0 Å². The Hall–Kier alpha value is 2.51. The summed E-state index contributed by atoms with van der Waals surface area (Å²) in [5, 5.41) is 1.34. The van der Waals surface area contributed by atoms with Crippen molar-refractivity contribution in [3.8, 4) is 0 Å². The molecule has 0 unspecified atom stereocenters. The zero-order valence-corrected chi connectivity index (χ0v) is 11.3. The van der Waals surface area contributed by atoms with Gasteiger partial charge in [0.15, 0.2) is 5.03 Å². The van der Waals surface area contributed by atoms with Crippen molar-refractivity contribution in [2.75, 3.05) is 0 Å². The van der Waals surface area contributed by atoms with Crippen LogP contribution in [0.5, 0.6) is 0 Å². The second-order valence-corrected chi connectivity index (χ2v) is 4.95. The molecule has 0 bridgehead atoms. The summed E-state index contributed by atoms with van der Waals surface area (Å²) in [5.41, 5.74) is 0. The Morgan fingerprint density at radius 1 is 0.643 bits per heavy atom. The molecule has 0 rings (SSSR count). The number of halogens is 1. The Labute approximate surface area is 134 Å². The van der Waals surface area contributed by atoms with Crippen LogP contribution in [0.4, 0.5) is 0 Å². The molecule has 0 aromatic rings. The zero-order chi connectivity index (χ0) is 9.78. The van der Waals surface area contributed by atoms with Crippen molar-refractivity contribution in [1.29, 1.82) is 0 Å². The molecule has 14 heavy (non-hydrogen) atoms. The van der Waals surface area contributed by atoms with Crippen molar-refractivity contribution < 1.29 is 0 Å². The maximum absolute atomic E-state index is 2.47. The second-order valence-electron chi connectivity index (χ2n) is 3.87. The minimum atomic E-state index is 0. The van der Waals surface area contributed by atoms with Gasteiger partial charge in [0.25, 0.3) is 0 Å². The van der Waals surface area contributed by atoms with E-state index >= 15 is 0 Å². The van der Waals surface area contributed by atoms with Crippen LogP contribution in [0.15, 0.2) is 0 Å². The van der Waals surface area contributed by atoms with Gasteiger partial charge in [-0.15, -0.1) is 0 Å². The third-order valence-electron chi connectivity index (χ3n) is 2.49. The molecule has 14 heteroatoms. The van der Waals surface area contributed by atoms with Crippen molar-refractivity contribution in [2.24, 2.45) is 0 Å². The minimum absolute atomic E-state index is 0. The topological polar surface area (TPSA) is 0 Å². The predicted molar refractivity (Wildman–Crippen MR) is 108 cm³/mol. The van der Waals surface area contributed by atoms with Gasteiger partial charge in [0.1, 0.15) is 0 Å². The molecule has 0 amide bonds. The van der Waals surface area contributed by atoms with Crippen LogP contribution in [0.25, 0.3) is 0 Å². The summed E-state index contributed by atoms with van der Waals surface area (Å²) in [5.74, 6) is 0. The number of rotatable bonds is 10. The molecule has 0 atom stereocenters. The van der Waals surface area contributed by atoms with Crippen LogP contribution in [-0.4, -0.2) is 113 Å². The molecule has 0 fully saturated rings. The van der Waals surface area contributed by atoms with Gasteiger partial charge in [-0.25, -0.2) is 0 Å². The van der Waals surface area contributed by atoms with Crippen molar-refractivity contribution in [2.45, 2.75) is 0 Å². The van der Waals surface area contributed by atoms with Crippen LogP contribution < -0.4 is 0 Å². The summed E-state index contributed by atoms with van der Waals surface area (Å²) in [6.45, 7) is 0. The van der Waals surface area contributed by atoms with Gasteiger partial charge in [0, 0.05) is 63.5 Å². The first kappa shape index (κ1) is 18.9. The van der Waals surface area contributed by atoms with E-state index in [9.17, 15) is 0 Å². The monoisotopic (exact) mass is 296 g/mol. The molecule has 0 aliphatic rings. The Kier molecular flexibility index (Phi) is 24.1. The molecule has 0 saturated heterocycles. The molecule has 0 spiro atoms. The standard InChI is InChI=1S/B12H13I.Na.H/c1-2-3-4-5-6-7-8-9-10-11-12-13;;/h2-12H,1H2;;. The van der Waals surface area contributed by atoms with Crippen LogP contribution in [0.1, 0.15) is 0 Å². The van der Waals surface area contributed by atoms with E-state index in [1.807, 2.05) is 0 Å². The van der Waals surface area contributed by atoms with E-state index in [2.05, 4.69) is 30.1 Å². The molecule has 0 aliphatic carbocycles. The summed E-state index contributed by atoms with van der Waals surface area (Å²) in [4.78, 5) is 0. The van der Waals surface area contributed by atoms with Crippen molar-refractivity contribution in [1.82, 2.24) is 0 Å². The second kappa shape index (κ2) is 17.9. The van der Waals surface area contributed by atoms with Gasteiger partial charge in [-0.2, -0.15) is 22.4 Å². The van der Waals surface area contributed by atoms with E-state index in [1.54, 1.807) is 0 Å². The van der Waals surface area contributed by atoms with Crippen LogP contribution in [0.2, 0.25) is 0 Å². The van der Waals surface area contributed by atoms with Crippen molar-refractivity contribution in [3.63, 3.8) is 0 Å². The number of hydrogen-bond donors (Lipinski definition) is 0. The summed E-state index contributed by atoms with van der Waals surface area (Å²) >= 11 is 2.47. The molecule has 0 N–H and O–H groups in total. The Morgan fingerprint density at radius 2 is 1.00 bits per heavy atom. The molecule has 0 saturated carbocycles. The first-order valence-electron chi connectivity index (χ1n) is 5.97. The molecule has 58 valence electrons. The Balaban J connectivity index is 0. The third kappa shape index (κ3) is 16.9. The molecular weight excluding hydrogens is 280 g/mol. The van der Waals surface area contributed by atoms with E-state index < -0.39 is 0 Å². The summed E-state index contributed by atoms with van der Waals surface area (Å²) in [6, 6.07) is 0. The van der Waals surface area contributed by atoms with Gasteiger partial charge in [-0.3, -0.25) is 0 Å². The van der Waals surface area contributed by atoms with E-state index in [1.165, 1.54) is 75.6 Å². The summed E-state index contributed by atoms with van der Waals surface area (Å²) in [6.07, 6.45) is 0. The molecule has 0 heterocycles. The molecular formula is H14B12INa. The predicted octanol–water partition coefficient (Wildman–Crippen LogP) is -7.81. The molecule has 0 nitrogen and oxygen atoms in total. The van der Waals surface area contributed by atoms with Gasteiger partial charge in [-0.1, -0.05) is 0 Å². The van der Waals surface area contributed by atoms with Gasteiger partial charge in [0.2, 0.25) is 0 Å². The molecule has 0 aromatic heterocycles. The first-order valence-corrected chi connectivity index (χ1v) is 7.50. The summed E-state index contributed by atoms with van der Waals surface area (Å²) < 4.78 is 0. The fourth-order valence-electron chi connectivity index (χ4n) is 1.58. The molecule has 0 radical (unpaired) electrons. The number of hydrogen-bond acceptors (Lipinski definition) is 0. The van der Waals surface area contributed by atoms with E-state index in [-0.39, 0.29) is 29.6 Å². The van der Waals surface area contributed by atoms with Crippen LogP contribution in [0, 0.1) is 0 Å².